The van der Waals surface area contributed by atoms with Crippen LogP contribution in [0.4, 0.5) is 5.69 Å². The van der Waals surface area contributed by atoms with Gasteiger partial charge in [0.2, 0.25) is 5.91 Å². The maximum atomic E-state index is 13.0. The molecule has 1 saturated heterocycles. The van der Waals surface area contributed by atoms with E-state index >= 15 is 0 Å². The van der Waals surface area contributed by atoms with E-state index in [9.17, 15) is 9.59 Å². The molecule has 198 valence electrons. The minimum absolute atomic E-state index is 0.0573. The van der Waals surface area contributed by atoms with Gasteiger partial charge in [0.25, 0.3) is 5.91 Å². The molecule has 9 heteroatoms. The maximum absolute atomic E-state index is 13.0. The van der Waals surface area contributed by atoms with Crippen molar-refractivity contribution in [1.82, 2.24) is 30.1 Å². The Balaban J connectivity index is 1.11. The number of amides is 2. The molecule has 1 fully saturated rings. The SMILES string of the molecule is O=C(CN1CCN(Cc2ccccc2)CC1)Nc1ccccc1-c1nccc(-c2cc3c([nH]2)CCNC3=O)n1. The average molecular weight is 522 g/mol. The number of piperazine rings is 1. The predicted octanol–water partition coefficient (Wildman–Crippen LogP) is 3.18. The minimum Gasteiger partial charge on any atom is -0.356 e. The Morgan fingerprint density at radius 3 is 2.51 bits per heavy atom. The third-order valence-electron chi connectivity index (χ3n) is 7.26. The van der Waals surface area contributed by atoms with E-state index in [4.69, 9.17) is 4.98 Å². The molecule has 0 saturated carbocycles. The van der Waals surface area contributed by atoms with Crippen molar-refractivity contribution in [2.75, 3.05) is 44.6 Å². The first-order valence-electron chi connectivity index (χ1n) is 13.3. The van der Waals surface area contributed by atoms with Gasteiger partial charge in [-0.2, -0.15) is 0 Å². The van der Waals surface area contributed by atoms with Crippen LogP contribution in [0.2, 0.25) is 0 Å². The Morgan fingerprint density at radius 1 is 0.923 bits per heavy atom. The lowest BCUT2D eigenvalue weighted by atomic mass is 10.1. The fraction of sp³-hybridized carbons (Fsp3) is 0.267. The van der Waals surface area contributed by atoms with Crippen molar-refractivity contribution < 1.29 is 9.59 Å². The van der Waals surface area contributed by atoms with Gasteiger partial charge >= 0.3 is 0 Å². The van der Waals surface area contributed by atoms with Crippen LogP contribution in [-0.4, -0.2) is 75.8 Å². The van der Waals surface area contributed by atoms with Crippen LogP contribution in [0, 0.1) is 0 Å². The molecule has 6 rings (SSSR count). The molecule has 2 aliphatic heterocycles. The zero-order valence-corrected chi connectivity index (χ0v) is 21.7. The van der Waals surface area contributed by atoms with Crippen molar-refractivity contribution in [2.45, 2.75) is 13.0 Å². The molecule has 0 radical (unpaired) electrons. The van der Waals surface area contributed by atoms with Crippen LogP contribution < -0.4 is 10.6 Å². The summed E-state index contributed by atoms with van der Waals surface area (Å²) in [5.41, 5.74) is 5.77. The molecule has 0 spiro atoms. The van der Waals surface area contributed by atoms with Crippen molar-refractivity contribution in [3.8, 4) is 22.8 Å². The molecular formula is C30H31N7O2. The first kappa shape index (κ1) is 25.0. The van der Waals surface area contributed by atoms with Crippen LogP contribution in [-0.2, 0) is 17.8 Å². The van der Waals surface area contributed by atoms with E-state index in [0.29, 0.717) is 35.9 Å². The average Bonchev–Trinajstić information content (AvgIpc) is 3.41. The third-order valence-corrected chi connectivity index (χ3v) is 7.26. The molecule has 4 aromatic rings. The highest BCUT2D eigenvalue weighted by Gasteiger charge is 2.22. The van der Waals surface area contributed by atoms with Crippen molar-refractivity contribution in [1.29, 1.82) is 0 Å². The smallest absolute Gasteiger partial charge is 0.253 e. The third kappa shape index (κ3) is 5.74. The summed E-state index contributed by atoms with van der Waals surface area (Å²) in [4.78, 5) is 42.4. The number of nitrogens with one attached hydrogen (secondary N) is 3. The largest absolute Gasteiger partial charge is 0.356 e. The number of fused-ring (bicyclic) bond motifs is 1. The molecule has 0 unspecified atom stereocenters. The standard InChI is InChI=1S/C30H31N7O2/c38-28(20-37-16-14-36(15-17-37)19-21-6-2-1-3-7-21)34-24-9-5-4-8-22(24)29-31-12-11-26(35-29)27-18-23-25(33-27)10-13-32-30(23)39/h1-9,11-12,18,33H,10,13-17,19-20H2,(H,32,39)(H,34,38). The highest BCUT2D eigenvalue weighted by molar-refractivity contribution is 5.98. The number of nitrogens with zero attached hydrogens (tertiary/aromatic N) is 4. The van der Waals surface area contributed by atoms with E-state index in [1.807, 2.05) is 42.5 Å². The molecule has 0 aliphatic carbocycles. The second-order valence-corrected chi connectivity index (χ2v) is 9.98. The van der Waals surface area contributed by atoms with Crippen LogP contribution in [0.3, 0.4) is 0 Å². The monoisotopic (exact) mass is 521 g/mol. The van der Waals surface area contributed by atoms with Gasteiger partial charge in [0.05, 0.1) is 29.2 Å². The van der Waals surface area contributed by atoms with Gasteiger partial charge in [-0.15, -0.1) is 0 Å². The van der Waals surface area contributed by atoms with E-state index in [2.05, 4.69) is 54.7 Å². The zero-order chi connectivity index (χ0) is 26.6. The summed E-state index contributed by atoms with van der Waals surface area (Å²) >= 11 is 0. The summed E-state index contributed by atoms with van der Waals surface area (Å²) in [5, 5.41) is 5.95. The van der Waals surface area contributed by atoms with Gasteiger partial charge in [0.1, 0.15) is 0 Å². The van der Waals surface area contributed by atoms with Gasteiger partial charge in [0, 0.05) is 63.1 Å². The van der Waals surface area contributed by atoms with Crippen molar-refractivity contribution in [3.63, 3.8) is 0 Å². The Kier molecular flexibility index (Phi) is 7.16. The summed E-state index contributed by atoms with van der Waals surface area (Å²) in [6, 6.07) is 21.7. The molecule has 2 aromatic carbocycles. The Morgan fingerprint density at radius 2 is 1.69 bits per heavy atom. The Hall–Kier alpha value is -4.34. The number of aromatic nitrogens is 3. The fourth-order valence-corrected chi connectivity index (χ4v) is 5.20. The molecule has 2 aromatic heterocycles. The first-order valence-corrected chi connectivity index (χ1v) is 13.3. The molecule has 9 nitrogen and oxygen atoms in total. The van der Waals surface area contributed by atoms with Gasteiger partial charge < -0.3 is 15.6 Å². The number of hydrogen-bond donors (Lipinski definition) is 3. The van der Waals surface area contributed by atoms with Gasteiger partial charge in [-0.3, -0.25) is 19.4 Å². The maximum Gasteiger partial charge on any atom is 0.253 e. The van der Waals surface area contributed by atoms with E-state index in [0.717, 1.165) is 56.1 Å². The lowest BCUT2D eigenvalue weighted by molar-refractivity contribution is -0.117. The van der Waals surface area contributed by atoms with E-state index in [-0.39, 0.29) is 11.8 Å². The molecule has 2 aliphatic rings. The highest BCUT2D eigenvalue weighted by Crippen LogP contribution is 2.28. The number of para-hydroxylation sites is 1. The van der Waals surface area contributed by atoms with Gasteiger partial charge in [-0.05, 0) is 29.8 Å². The van der Waals surface area contributed by atoms with Crippen molar-refractivity contribution >= 4 is 17.5 Å². The number of carbonyl (C=O) groups excluding carboxylic acids is 2. The number of aromatic amines is 1. The first-order chi connectivity index (χ1) is 19.1. The van der Waals surface area contributed by atoms with Crippen LogP contribution in [0.15, 0.2) is 72.9 Å². The van der Waals surface area contributed by atoms with Crippen molar-refractivity contribution in [2.24, 2.45) is 0 Å². The number of carbonyl (C=O) groups is 2. The topological polar surface area (TPSA) is 106 Å². The number of rotatable bonds is 7. The molecule has 39 heavy (non-hydrogen) atoms. The number of H-pyrrole nitrogens is 1. The van der Waals surface area contributed by atoms with E-state index < -0.39 is 0 Å². The van der Waals surface area contributed by atoms with Gasteiger partial charge in [-0.1, -0.05) is 42.5 Å². The molecule has 0 bridgehead atoms. The molecule has 3 N–H and O–H groups in total. The second-order valence-electron chi connectivity index (χ2n) is 9.98. The molecular weight excluding hydrogens is 490 g/mol. The Labute approximate surface area is 227 Å². The lowest BCUT2D eigenvalue weighted by Gasteiger charge is -2.34. The number of benzene rings is 2. The summed E-state index contributed by atoms with van der Waals surface area (Å²) in [6.07, 6.45) is 2.46. The fourth-order valence-electron chi connectivity index (χ4n) is 5.20. The zero-order valence-electron chi connectivity index (χ0n) is 21.7. The predicted molar refractivity (Wildman–Crippen MR) is 150 cm³/mol. The van der Waals surface area contributed by atoms with Crippen LogP contribution in [0.5, 0.6) is 0 Å². The second kappa shape index (κ2) is 11.2. The quantitative estimate of drug-likeness (QED) is 0.345. The summed E-state index contributed by atoms with van der Waals surface area (Å²) in [6.45, 7) is 5.47. The normalized spacial score (nSPS) is 15.9. The van der Waals surface area contributed by atoms with Gasteiger partial charge in [0.15, 0.2) is 5.82 Å². The highest BCUT2D eigenvalue weighted by atomic mass is 16.2. The number of anilines is 1. The minimum atomic E-state index is -0.0707. The van der Waals surface area contributed by atoms with Gasteiger partial charge in [-0.25, -0.2) is 9.97 Å². The summed E-state index contributed by atoms with van der Waals surface area (Å²) < 4.78 is 0. The van der Waals surface area contributed by atoms with Crippen molar-refractivity contribution in [3.05, 3.63) is 89.7 Å². The lowest BCUT2D eigenvalue weighted by Crippen LogP contribution is -2.48. The molecule has 0 atom stereocenters. The molecule has 4 heterocycles. The summed E-state index contributed by atoms with van der Waals surface area (Å²) in [7, 11) is 0. The number of hydrogen-bond acceptors (Lipinski definition) is 6. The van der Waals surface area contributed by atoms with E-state index in [1.165, 1.54) is 5.56 Å². The van der Waals surface area contributed by atoms with Crippen LogP contribution >= 0.6 is 0 Å². The van der Waals surface area contributed by atoms with Crippen LogP contribution in [0.1, 0.15) is 21.6 Å². The Bertz CT molecular complexity index is 1480. The van der Waals surface area contributed by atoms with Crippen LogP contribution in [0.25, 0.3) is 22.8 Å². The van der Waals surface area contributed by atoms with E-state index in [1.54, 1.807) is 6.20 Å². The summed E-state index contributed by atoms with van der Waals surface area (Å²) in [5.74, 6) is 0.381. The molecule has 2 amide bonds.